The molecule has 1 amide bonds. The Morgan fingerprint density at radius 2 is 1.77 bits per heavy atom. The monoisotopic (exact) mass is 363 g/mol. The molecule has 5 heteroatoms. The second kappa shape index (κ2) is 8.44. The molecule has 0 atom stereocenters. The van der Waals surface area contributed by atoms with E-state index in [9.17, 15) is 4.79 Å². The van der Waals surface area contributed by atoms with Crippen LogP contribution in [0.3, 0.4) is 0 Å². The maximum atomic E-state index is 11.8. The lowest BCUT2D eigenvalue weighted by molar-refractivity contribution is -0.123. The zero-order valence-corrected chi connectivity index (χ0v) is 13.9. The molecule has 0 fully saturated rings. The lowest BCUT2D eigenvalue weighted by Gasteiger charge is -2.10. The lowest BCUT2D eigenvalue weighted by atomic mass is 10.1. The molecule has 22 heavy (non-hydrogen) atoms. The second-order valence-corrected chi connectivity index (χ2v) is 5.49. The number of hydrogen-bond donors (Lipinski definition) is 1. The van der Waals surface area contributed by atoms with Crippen LogP contribution in [-0.2, 0) is 11.2 Å². The second-order valence-electron chi connectivity index (χ2n) is 4.63. The van der Waals surface area contributed by atoms with Crippen LogP contribution in [0.2, 0.25) is 0 Å². The Hall–Kier alpha value is -2.01. The number of ether oxygens (including phenoxy) is 2. The predicted octanol–water partition coefficient (Wildman–Crippen LogP) is 3.20. The van der Waals surface area contributed by atoms with Crippen LogP contribution in [0.1, 0.15) is 5.56 Å². The molecular weight excluding hydrogens is 346 g/mol. The van der Waals surface area contributed by atoms with Crippen LogP contribution in [0, 0.1) is 0 Å². The van der Waals surface area contributed by atoms with Gasteiger partial charge in [-0.25, -0.2) is 0 Å². The number of nitrogens with one attached hydrogen (secondary N) is 1. The van der Waals surface area contributed by atoms with E-state index in [2.05, 4.69) is 21.2 Å². The number of carbonyl (C=O) groups is 1. The molecule has 116 valence electrons. The van der Waals surface area contributed by atoms with E-state index < -0.39 is 0 Å². The molecule has 2 aromatic carbocycles. The van der Waals surface area contributed by atoms with Gasteiger partial charge >= 0.3 is 0 Å². The summed E-state index contributed by atoms with van der Waals surface area (Å²) in [6, 6.07) is 15.2. The van der Waals surface area contributed by atoms with Crippen LogP contribution in [0.5, 0.6) is 11.5 Å². The fourth-order valence-electron chi connectivity index (χ4n) is 1.97. The van der Waals surface area contributed by atoms with Gasteiger partial charge in [-0.3, -0.25) is 4.79 Å². The molecule has 0 heterocycles. The van der Waals surface area contributed by atoms with Gasteiger partial charge in [0, 0.05) is 11.0 Å². The normalized spacial score (nSPS) is 10.1. The van der Waals surface area contributed by atoms with Crippen LogP contribution >= 0.6 is 15.9 Å². The first-order chi connectivity index (χ1) is 10.7. The minimum absolute atomic E-state index is 0.0314. The average Bonchev–Trinajstić information content (AvgIpc) is 2.55. The van der Waals surface area contributed by atoms with Crippen molar-refractivity contribution < 1.29 is 14.3 Å². The lowest BCUT2D eigenvalue weighted by Crippen LogP contribution is -2.30. The zero-order valence-electron chi connectivity index (χ0n) is 12.3. The van der Waals surface area contributed by atoms with Crippen molar-refractivity contribution in [1.82, 2.24) is 5.32 Å². The zero-order chi connectivity index (χ0) is 15.8. The molecule has 2 aromatic rings. The summed E-state index contributed by atoms with van der Waals surface area (Å²) in [4.78, 5) is 11.8. The summed E-state index contributed by atoms with van der Waals surface area (Å²) in [6.07, 6.45) is 0.766. The maximum Gasteiger partial charge on any atom is 0.257 e. The first-order valence-corrected chi connectivity index (χ1v) is 7.76. The smallest absolute Gasteiger partial charge is 0.257 e. The average molecular weight is 364 g/mol. The number of para-hydroxylation sites is 2. The Morgan fingerprint density at radius 3 is 2.50 bits per heavy atom. The molecule has 0 radical (unpaired) electrons. The third-order valence-corrected chi connectivity index (χ3v) is 3.88. The standard InChI is InChI=1S/C17H18BrNO3/c1-21-15-8-4-5-9-16(15)22-12-17(20)19-11-10-13-6-2-3-7-14(13)18/h2-9H,10-12H2,1H3,(H,19,20). The van der Waals surface area contributed by atoms with Crippen LogP contribution in [0.15, 0.2) is 53.0 Å². The van der Waals surface area contributed by atoms with Crippen molar-refractivity contribution in [1.29, 1.82) is 0 Å². The summed E-state index contributed by atoms with van der Waals surface area (Å²) in [6.45, 7) is 0.535. The van der Waals surface area contributed by atoms with Gasteiger partial charge in [0.15, 0.2) is 18.1 Å². The van der Waals surface area contributed by atoms with Crippen molar-refractivity contribution in [3.05, 3.63) is 58.6 Å². The van der Waals surface area contributed by atoms with Crippen molar-refractivity contribution in [3.63, 3.8) is 0 Å². The van der Waals surface area contributed by atoms with E-state index in [1.807, 2.05) is 36.4 Å². The van der Waals surface area contributed by atoms with Crippen molar-refractivity contribution in [2.75, 3.05) is 20.3 Å². The number of rotatable bonds is 7. The number of carbonyl (C=O) groups excluding carboxylic acids is 1. The molecule has 0 saturated carbocycles. The molecule has 2 rings (SSSR count). The number of methoxy groups -OCH3 is 1. The first-order valence-electron chi connectivity index (χ1n) is 6.96. The molecule has 0 aromatic heterocycles. The molecule has 0 aliphatic carbocycles. The third kappa shape index (κ3) is 4.77. The Labute approximate surface area is 138 Å². The highest BCUT2D eigenvalue weighted by molar-refractivity contribution is 9.10. The fourth-order valence-corrected chi connectivity index (χ4v) is 2.45. The molecule has 0 spiro atoms. The Balaban J connectivity index is 1.75. The number of hydrogen-bond acceptors (Lipinski definition) is 3. The van der Waals surface area contributed by atoms with Gasteiger partial charge in [0.25, 0.3) is 5.91 Å². The van der Waals surface area contributed by atoms with Crippen LogP contribution < -0.4 is 14.8 Å². The van der Waals surface area contributed by atoms with Crippen LogP contribution in [-0.4, -0.2) is 26.2 Å². The van der Waals surface area contributed by atoms with Crippen LogP contribution in [0.25, 0.3) is 0 Å². The van der Waals surface area contributed by atoms with Crippen molar-refractivity contribution in [3.8, 4) is 11.5 Å². The molecular formula is C17H18BrNO3. The quantitative estimate of drug-likeness (QED) is 0.821. The highest BCUT2D eigenvalue weighted by Crippen LogP contribution is 2.25. The predicted molar refractivity (Wildman–Crippen MR) is 89.3 cm³/mol. The van der Waals surface area contributed by atoms with E-state index in [0.29, 0.717) is 18.0 Å². The molecule has 4 nitrogen and oxygen atoms in total. The summed E-state index contributed by atoms with van der Waals surface area (Å²) < 4.78 is 11.7. The van der Waals surface area contributed by atoms with E-state index in [4.69, 9.17) is 9.47 Å². The molecule has 1 N–H and O–H groups in total. The van der Waals surface area contributed by atoms with Crippen LogP contribution in [0.4, 0.5) is 0 Å². The number of halogens is 1. The van der Waals surface area contributed by atoms with E-state index in [0.717, 1.165) is 16.5 Å². The minimum Gasteiger partial charge on any atom is -0.493 e. The van der Waals surface area contributed by atoms with Gasteiger partial charge < -0.3 is 14.8 Å². The van der Waals surface area contributed by atoms with Gasteiger partial charge in [-0.1, -0.05) is 46.3 Å². The minimum atomic E-state index is -0.155. The largest absolute Gasteiger partial charge is 0.493 e. The summed E-state index contributed by atoms with van der Waals surface area (Å²) >= 11 is 3.49. The molecule has 0 saturated heterocycles. The highest BCUT2D eigenvalue weighted by Gasteiger charge is 2.06. The van der Waals surface area contributed by atoms with E-state index in [-0.39, 0.29) is 12.5 Å². The first kappa shape index (κ1) is 16.4. The SMILES string of the molecule is COc1ccccc1OCC(=O)NCCc1ccccc1Br. The van der Waals surface area contributed by atoms with Gasteiger partial charge in [-0.2, -0.15) is 0 Å². The third-order valence-electron chi connectivity index (χ3n) is 3.10. The van der Waals surface area contributed by atoms with E-state index >= 15 is 0 Å². The summed E-state index contributed by atoms with van der Waals surface area (Å²) in [5.41, 5.74) is 1.16. The van der Waals surface area contributed by atoms with Gasteiger partial charge in [0.1, 0.15) is 0 Å². The van der Waals surface area contributed by atoms with Crippen molar-refractivity contribution in [2.24, 2.45) is 0 Å². The van der Waals surface area contributed by atoms with Crippen molar-refractivity contribution >= 4 is 21.8 Å². The highest BCUT2D eigenvalue weighted by atomic mass is 79.9. The van der Waals surface area contributed by atoms with E-state index in [1.165, 1.54) is 0 Å². The van der Waals surface area contributed by atoms with Gasteiger partial charge in [0.05, 0.1) is 7.11 Å². The molecule has 0 bridgehead atoms. The topological polar surface area (TPSA) is 47.6 Å². The van der Waals surface area contributed by atoms with Crippen molar-refractivity contribution in [2.45, 2.75) is 6.42 Å². The Kier molecular flexibility index (Phi) is 6.27. The number of amides is 1. The Bertz CT molecular complexity index is 631. The molecule has 0 unspecified atom stereocenters. The van der Waals surface area contributed by atoms with E-state index in [1.54, 1.807) is 19.2 Å². The van der Waals surface area contributed by atoms with Gasteiger partial charge in [-0.15, -0.1) is 0 Å². The maximum absolute atomic E-state index is 11.8. The fraction of sp³-hybridized carbons (Fsp3) is 0.235. The summed E-state index contributed by atoms with van der Waals surface area (Å²) in [5.74, 6) is 1.02. The Morgan fingerprint density at radius 1 is 1.09 bits per heavy atom. The number of benzene rings is 2. The molecule has 0 aliphatic heterocycles. The molecule has 0 aliphatic rings. The summed E-state index contributed by atoms with van der Waals surface area (Å²) in [5, 5.41) is 2.84. The summed E-state index contributed by atoms with van der Waals surface area (Å²) in [7, 11) is 1.57. The van der Waals surface area contributed by atoms with Gasteiger partial charge in [0.2, 0.25) is 0 Å². The van der Waals surface area contributed by atoms with Gasteiger partial charge in [-0.05, 0) is 30.2 Å².